The summed E-state index contributed by atoms with van der Waals surface area (Å²) in [4.78, 5) is 37.0. The van der Waals surface area contributed by atoms with Gasteiger partial charge in [0, 0.05) is 10.9 Å². The minimum atomic E-state index is -1.02. The molecule has 0 saturated heterocycles. The Kier molecular flexibility index (Phi) is 10.4. The van der Waals surface area contributed by atoms with E-state index in [-0.39, 0.29) is 13.0 Å². The molecule has 1 amide bonds. The Balaban J connectivity index is 2.10. The third-order valence-electron chi connectivity index (χ3n) is 4.93. The number of ether oxygens (including phenoxy) is 1. The number of esters is 1. The molecule has 0 bridgehead atoms. The minimum Gasteiger partial charge on any atom is -0.480 e. The first kappa shape index (κ1) is 25.5. The summed E-state index contributed by atoms with van der Waals surface area (Å²) in [5.74, 6) is -2.05. The van der Waals surface area contributed by atoms with Crippen LogP contribution in [-0.2, 0) is 32.1 Å². The summed E-state index contributed by atoms with van der Waals surface area (Å²) in [6.07, 6.45) is 1.28. The maximum absolute atomic E-state index is 12.9. The van der Waals surface area contributed by atoms with Gasteiger partial charge in [0.15, 0.2) is 0 Å². The van der Waals surface area contributed by atoms with Gasteiger partial charge < -0.3 is 15.2 Å². The summed E-state index contributed by atoms with van der Waals surface area (Å²) in [6.45, 7) is 3.54. The van der Waals surface area contributed by atoms with E-state index in [9.17, 15) is 19.5 Å². The number of benzene rings is 2. The van der Waals surface area contributed by atoms with Crippen LogP contribution in [0.5, 0.6) is 0 Å². The Bertz CT molecular complexity index is 906. The molecule has 2 rings (SSSR count). The molecular formula is C24H29BrN2O5. The minimum absolute atomic E-state index is 0.0907. The van der Waals surface area contributed by atoms with E-state index in [1.165, 1.54) is 0 Å². The van der Waals surface area contributed by atoms with Gasteiger partial charge in [-0.3, -0.25) is 14.9 Å². The number of carboxylic acids is 1. The van der Waals surface area contributed by atoms with Crippen molar-refractivity contribution in [2.75, 3.05) is 0 Å². The van der Waals surface area contributed by atoms with Crippen molar-refractivity contribution in [2.24, 2.45) is 0 Å². The fourth-order valence-electron chi connectivity index (χ4n) is 3.15. The van der Waals surface area contributed by atoms with E-state index in [0.717, 1.165) is 15.6 Å². The van der Waals surface area contributed by atoms with Gasteiger partial charge in [-0.2, -0.15) is 0 Å². The summed E-state index contributed by atoms with van der Waals surface area (Å²) < 4.78 is 6.27. The number of hydrogen-bond acceptors (Lipinski definition) is 5. The third-order valence-corrected chi connectivity index (χ3v) is 5.70. The van der Waals surface area contributed by atoms with Gasteiger partial charge in [0.25, 0.3) is 0 Å². The highest BCUT2D eigenvalue weighted by molar-refractivity contribution is 9.10. The van der Waals surface area contributed by atoms with Gasteiger partial charge in [0.2, 0.25) is 5.91 Å². The molecule has 0 radical (unpaired) electrons. The number of aliphatic carboxylic acids is 1. The van der Waals surface area contributed by atoms with Gasteiger partial charge in [-0.1, -0.05) is 77.8 Å². The predicted molar refractivity (Wildman–Crippen MR) is 125 cm³/mol. The second-order valence-electron chi connectivity index (χ2n) is 7.52. The molecule has 7 nitrogen and oxygen atoms in total. The fourth-order valence-corrected chi connectivity index (χ4v) is 3.59. The normalized spacial score (nSPS) is 13.6. The van der Waals surface area contributed by atoms with Crippen molar-refractivity contribution in [1.29, 1.82) is 0 Å². The lowest BCUT2D eigenvalue weighted by molar-refractivity contribution is -0.149. The Labute approximate surface area is 196 Å². The van der Waals surface area contributed by atoms with E-state index in [4.69, 9.17) is 4.74 Å². The zero-order valence-electron chi connectivity index (χ0n) is 18.2. The summed E-state index contributed by atoms with van der Waals surface area (Å²) in [6, 6.07) is 14.1. The molecule has 32 heavy (non-hydrogen) atoms. The zero-order chi connectivity index (χ0) is 23.5. The third kappa shape index (κ3) is 8.09. The Morgan fingerprint density at radius 2 is 1.69 bits per heavy atom. The molecule has 2 aromatic carbocycles. The van der Waals surface area contributed by atoms with Crippen molar-refractivity contribution in [3.8, 4) is 0 Å². The number of hydrogen-bond donors (Lipinski definition) is 3. The smallest absolute Gasteiger partial charge is 0.329 e. The van der Waals surface area contributed by atoms with Crippen LogP contribution in [0.2, 0.25) is 0 Å². The average Bonchev–Trinajstić information content (AvgIpc) is 2.78. The van der Waals surface area contributed by atoms with Crippen LogP contribution in [0.1, 0.15) is 37.8 Å². The highest BCUT2D eigenvalue weighted by Gasteiger charge is 2.28. The zero-order valence-corrected chi connectivity index (χ0v) is 19.8. The van der Waals surface area contributed by atoms with Crippen molar-refractivity contribution >= 4 is 33.8 Å². The largest absolute Gasteiger partial charge is 0.480 e. The molecule has 2 aromatic rings. The van der Waals surface area contributed by atoms with Crippen molar-refractivity contribution in [3.05, 3.63) is 70.2 Å². The van der Waals surface area contributed by atoms with Crippen molar-refractivity contribution in [1.82, 2.24) is 10.6 Å². The quantitative estimate of drug-likeness (QED) is 0.382. The number of carbonyl (C=O) groups is 3. The molecule has 3 atom stereocenters. The summed E-state index contributed by atoms with van der Waals surface area (Å²) >= 11 is 3.47. The van der Waals surface area contributed by atoms with E-state index >= 15 is 0 Å². The van der Waals surface area contributed by atoms with E-state index < -0.39 is 36.0 Å². The number of carboxylic acid groups (broad SMARTS) is 1. The highest BCUT2D eigenvalue weighted by atomic mass is 79.9. The predicted octanol–water partition coefficient (Wildman–Crippen LogP) is 3.45. The van der Waals surface area contributed by atoms with Crippen LogP contribution >= 0.6 is 15.9 Å². The standard InChI is InChI=1S/C24H29BrN2O5/c1-3-9-20(23(29)30)26-16(2)22(28)27-21(14-18-12-7-8-13-19(18)25)24(31)32-15-17-10-5-4-6-11-17/h4-8,10-13,16,20-21,26H,3,9,14-15H2,1-2H3,(H,27,28)(H,29,30)/t16-,20-,21-/m0/s1. The molecule has 0 heterocycles. The Morgan fingerprint density at radius 1 is 1.03 bits per heavy atom. The topological polar surface area (TPSA) is 105 Å². The molecule has 0 aromatic heterocycles. The molecule has 0 aliphatic heterocycles. The Hall–Kier alpha value is -2.71. The first-order chi connectivity index (χ1) is 15.3. The van der Waals surface area contributed by atoms with E-state index in [1.807, 2.05) is 61.5 Å². The van der Waals surface area contributed by atoms with Gasteiger partial charge >= 0.3 is 11.9 Å². The van der Waals surface area contributed by atoms with Crippen LogP contribution < -0.4 is 10.6 Å². The molecule has 0 saturated carbocycles. The number of nitrogens with one attached hydrogen (secondary N) is 2. The first-order valence-corrected chi connectivity index (χ1v) is 11.3. The molecule has 172 valence electrons. The van der Waals surface area contributed by atoms with E-state index in [0.29, 0.717) is 12.8 Å². The average molecular weight is 505 g/mol. The summed E-state index contributed by atoms with van der Waals surface area (Å²) in [5, 5.41) is 14.9. The van der Waals surface area contributed by atoms with Gasteiger partial charge in [-0.15, -0.1) is 0 Å². The van der Waals surface area contributed by atoms with E-state index in [1.54, 1.807) is 6.92 Å². The maximum Gasteiger partial charge on any atom is 0.329 e. The van der Waals surface area contributed by atoms with Gasteiger partial charge in [-0.25, -0.2) is 4.79 Å². The molecule has 0 fully saturated rings. The van der Waals surface area contributed by atoms with Crippen LogP contribution in [0.25, 0.3) is 0 Å². The molecule has 8 heteroatoms. The molecule has 0 aliphatic carbocycles. The second-order valence-corrected chi connectivity index (χ2v) is 8.37. The Morgan fingerprint density at radius 3 is 2.31 bits per heavy atom. The number of carbonyl (C=O) groups excluding carboxylic acids is 2. The monoisotopic (exact) mass is 504 g/mol. The lowest BCUT2D eigenvalue weighted by Gasteiger charge is -2.23. The van der Waals surface area contributed by atoms with Crippen LogP contribution in [0, 0.1) is 0 Å². The van der Waals surface area contributed by atoms with Crippen LogP contribution in [-0.4, -0.2) is 41.1 Å². The molecule has 0 unspecified atom stereocenters. The first-order valence-electron chi connectivity index (χ1n) is 10.5. The van der Waals surface area contributed by atoms with Crippen LogP contribution in [0.3, 0.4) is 0 Å². The van der Waals surface area contributed by atoms with Gasteiger partial charge in [0.1, 0.15) is 18.7 Å². The van der Waals surface area contributed by atoms with Crippen LogP contribution in [0.15, 0.2) is 59.1 Å². The summed E-state index contributed by atoms with van der Waals surface area (Å²) in [7, 11) is 0. The summed E-state index contributed by atoms with van der Waals surface area (Å²) in [5.41, 5.74) is 1.68. The lowest BCUT2D eigenvalue weighted by atomic mass is 10.1. The van der Waals surface area contributed by atoms with Crippen molar-refractivity contribution in [2.45, 2.75) is 57.8 Å². The molecule has 0 aliphatic rings. The molecule has 3 N–H and O–H groups in total. The number of halogens is 1. The molecule has 0 spiro atoms. The fraction of sp³-hybridized carbons (Fsp3) is 0.375. The maximum atomic E-state index is 12.9. The van der Waals surface area contributed by atoms with Crippen molar-refractivity contribution in [3.63, 3.8) is 0 Å². The van der Waals surface area contributed by atoms with Gasteiger partial charge in [-0.05, 0) is 30.5 Å². The van der Waals surface area contributed by atoms with Crippen molar-refractivity contribution < 1.29 is 24.2 Å². The second kappa shape index (κ2) is 13.0. The number of rotatable bonds is 12. The lowest BCUT2D eigenvalue weighted by Crippen LogP contribution is -2.53. The van der Waals surface area contributed by atoms with E-state index in [2.05, 4.69) is 26.6 Å². The molecular weight excluding hydrogens is 476 g/mol. The van der Waals surface area contributed by atoms with Crippen LogP contribution in [0.4, 0.5) is 0 Å². The SMILES string of the molecule is CCC[C@H](N[C@@H](C)C(=O)N[C@@H](Cc1ccccc1Br)C(=O)OCc1ccccc1)C(=O)O. The van der Waals surface area contributed by atoms with Gasteiger partial charge in [0.05, 0.1) is 6.04 Å². The number of amides is 1. The highest BCUT2D eigenvalue weighted by Crippen LogP contribution is 2.18.